The number of carboxylic acids is 1. The number of aromatic carboxylic acids is 1. The predicted molar refractivity (Wildman–Crippen MR) is 77.4 cm³/mol. The fourth-order valence-corrected chi connectivity index (χ4v) is 2.37. The Hall–Kier alpha value is -3.02. The number of H-pyrrole nitrogens is 1. The number of imidazole rings is 1. The highest BCUT2D eigenvalue weighted by atomic mass is 16.5. The van der Waals surface area contributed by atoms with Crippen molar-refractivity contribution in [2.24, 2.45) is 0 Å². The monoisotopic (exact) mass is 284 g/mol. The van der Waals surface area contributed by atoms with Gasteiger partial charge in [-0.05, 0) is 24.3 Å². The highest BCUT2D eigenvalue weighted by Gasteiger charge is 2.18. The third kappa shape index (κ3) is 1.97. The number of aromatic amines is 1. The van der Waals surface area contributed by atoms with E-state index in [1.165, 1.54) is 17.7 Å². The van der Waals surface area contributed by atoms with E-state index in [9.17, 15) is 14.7 Å². The summed E-state index contributed by atoms with van der Waals surface area (Å²) in [6.45, 7) is 0. The van der Waals surface area contributed by atoms with Gasteiger partial charge in [0.2, 0.25) is 0 Å². The van der Waals surface area contributed by atoms with E-state index in [2.05, 4.69) is 4.98 Å². The molecule has 106 valence electrons. The van der Waals surface area contributed by atoms with Crippen LogP contribution >= 0.6 is 0 Å². The molecule has 0 fully saturated rings. The normalized spacial score (nSPS) is 10.7. The first-order valence-electron chi connectivity index (χ1n) is 6.24. The lowest BCUT2D eigenvalue weighted by Gasteiger charge is -2.10. The maximum Gasteiger partial charge on any atom is 0.337 e. The van der Waals surface area contributed by atoms with Crippen molar-refractivity contribution in [3.8, 4) is 11.4 Å². The maximum absolute atomic E-state index is 12.2. The molecule has 0 saturated carbocycles. The van der Waals surface area contributed by atoms with Crippen LogP contribution in [0, 0.1) is 0 Å². The van der Waals surface area contributed by atoms with E-state index in [1.54, 1.807) is 36.4 Å². The van der Waals surface area contributed by atoms with Gasteiger partial charge in [-0.15, -0.1) is 0 Å². The quantitative estimate of drug-likeness (QED) is 0.770. The van der Waals surface area contributed by atoms with Crippen LogP contribution in [0.3, 0.4) is 0 Å². The fraction of sp³-hybridized carbons (Fsp3) is 0.0667. The summed E-state index contributed by atoms with van der Waals surface area (Å²) in [5, 5.41) is 9.33. The molecule has 2 aromatic carbocycles. The zero-order valence-corrected chi connectivity index (χ0v) is 11.2. The van der Waals surface area contributed by atoms with Crippen molar-refractivity contribution in [2.45, 2.75) is 0 Å². The van der Waals surface area contributed by atoms with Crippen molar-refractivity contribution in [1.29, 1.82) is 0 Å². The number of fused-ring (bicyclic) bond motifs is 1. The fourth-order valence-electron chi connectivity index (χ4n) is 2.37. The number of para-hydroxylation sites is 3. The lowest BCUT2D eigenvalue weighted by atomic mass is 10.1. The average Bonchev–Trinajstić information content (AvgIpc) is 2.82. The van der Waals surface area contributed by atoms with E-state index in [0.29, 0.717) is 22.5 Å². The number of carboxylic acid groups (broad SMARTS) is 1. The number of rotatable bonds is 3. The second kappa shape index (κ2) is 4.82. The zero-order valence-electron chi connectivity index (χ0n) is 11.2. The zero-order chi connectivity index (χ0) is 15.0. The Morgan fingerprint density at radius 1 is 1.19 bits per heavy atom. The Balaban J connectivity index is 2.45. The molecular weight excluding hydrogens is 272 g/mol. The second-order valence-corrected chi connectivity index (χ2v) is 4.44. The molecule has 3 aromatic rings. The second-order valence-electron chi connectivity index (χ2n) is 4.44. The summed E-state index contributed by atoms with van der Waals surface area (Å²) in [6.07, 6.45) is 0. The Kier molecular flexibility index (Phi) is 2.98. The molecule has 0 bridgehead atoms. The number of ether oxygens (including phenoxy) is 1. The summed E-state index contributed by atoms with van der Waals surface area (Å²) in [5.41, 5.74) is 0.912. The maximum atomic E-state index is 12.2. The minimum Gasteiger partial charge on any atom is -0.495 e. The number of carbonyl (C=O) groups is 1. The molecule has 6 nitrogen and oxygen atoms in total. The number of methoxy groups -OCH3 is 1. The van der Waals surface area contributed by atoms with Crippen molar-refractivity contribution < 1.29 is 14.6 Å². The molecule has 0 saturated heterocycles. The Morgan fingerprint density at radius 3 is 2.67 bits per heavy atom. The van der Waals surface area contributed by atoms with E-state index in [-0.39, 0.29) is 5.56 Å². The molecule has 0 amide bonds. The van der Waals surface area contributed by atoms with Gasteiger partial charge in [0.25, 0.3) is 0 Å². The van der Waals surface area contributed by atoms with Crippen molar-refractivity contribution >= 4 is 17.0 Å². The molecule has 0 aliphatic carbocycles. The number of hydrogen-bond acceptors (Lipinski definition) is 3. The van der Waals surface area contributed by atoms with E-state index in [4.69, 9.17) is 4.74 Å². The lowest BCUT2D eigenvalue weighted by Crippen LogP contribution is -2.16. The highest BCUT2D eigenvalue weighted by molar-refractivity contribution is 6.01. The van der Waals surface area contributed by atoms with Gasteiger partial charge in [0.1, 0.15) is 5.75 Å². The molecule has 0 aliphatic heterocycles. The summed E-state index contributed by atoms with van der Waals surface area (Å²) in [4.78, 5) is 26.3. The Bertz CT molecular complexity index is 892. The van der Waals surface area contributed by atoms with Crippen LogP contribution < -0.4 is 10.4 Å². The summed E-state index contributed by atoms with van der Waals surface area (Å²) < 4.78 is 6.57. The van der Waals surface area contributed by atoms with Crippen molar-refractivity contribution in [2.75, 3.05) is 7.11 Å². The van der Waals surface area contributed by atoms with Gasteiger partial charge in [0, 0.05) is 0 Å². The Labute approximate surface area is 119 Å². The highest BCUT2D eigenvalue weighted by Crippen LogP contribution is 2.26. The lowest BCUT2D eigenvalue weighted by molar-refractivity contribution is 0.0698. The van der Waals surface area contributed by atoms with Gasteiger partial charge in [0.15, 0.2) is 0 Å². The van der Waals surface area contributed by atoms with Crippen LogP contribution in [-0.2, 0) is 0 Å². The smallest absolute Gasteiger partial charge is 0.337 e. The van der Waals surface area contributed by atoms with Crippen LogP contribution in [0.1, 0.15) is 10.4 Å². The molecule has 6 heteroatoms. The van der Waals surface area contributed by atoms with Crippen LogP contribution in [0.4, 0.5) is 0 Å². The van der Waals surface area contributed by atoms with Gasteiger partial charge in [0.05, 0.1) is 29.4 Å². The van der Waals surface area contributed by atoms with Gasteiger partial charge < -0.3 is 14.8 Å². The van der Waals surface area contributed by atoms with Crippen LogP contribution in [0.5, 0.6) is 5.75 Å². The average molecular weight is 284 g/mol. The Morgan fingerprint density at radius 2 is 1.95 bits per heavy atom. The van der Waals surface area contributed by atoms with Gasteiger partial charge in [-0.1, -0.05) is 18.2 Å². The molecule has 1 heterocycles. The van der Waals surface area contributed by atoms with Crippen LogP contribution in [0.15, 0.2) is 47.3 Å². The third-order valence-electron chi connectivity index (χ3n) is 3.26. The van der Waals surface area contributed by atoms with E-state index < -0.39 is 11.7 Å². The SMILES string of the molecule is COc1ccccc1-n1c(=O)[nH]c2cccc(C(=O)O)c21. The number of nitrogens with zero attached hydrogens (tertiary/aromatic N) is 1. The number of nitrogens with one attached hydrogen (secondary N) is 1. The van der Waals surface area contributed by atoms with Crippen LogP contribution in [-0.4, -0.2) is 27.7 Å². The van der Waals surface area contributed by atoms with Crippen molar-refractivity contribution in [3.05, 3.63) is 58.5 Å². The first kappa shape index (κ1) is 13.0. The molecule has 3 rings (SSSR count). The minimum absolute atomic E-state index is 0.0526. The molecule has 0 spiro atoms. The van der Waals surface area contributed by atoms with Gasteiger partial charge in [-0.2, -0.15) is 0 Å². The molecule has 1 aromatic heterocycles. The molecule has 0 aliphatic rings. The van der Waals surface area contributed by atoms with Gasteiger partial charge >= 0.3 is 11.7 Å². The van der Waals surface area contributed by atoms with Crippen LogP contribution in [0.25, 0.3) is 16.7 Å². The van der Waals surface area contributed by atoms with E-state index in [0.717, 1.165) is 0 Å². The molecule has 2 N–H and O–H groups in total. The van der Waals surface area contributed by atoms with Crippen molar-refractivity contribution in [3.63, 3.8) is 0 Å². The number of aromatic nitrogens is 2. The van der Waals surface area contributed by atoms with Crippen LogP contribution in [0.2, 0.25) is 0 Å². The molecule has 0 atom stereocenters. The topological polar surface area (TPSA) is 84.3 Å². The third-order valence-corrected chi connectivity index (χ3v) is 3.26. The van der Waals surface area contributed by atoms with E-state index >= 15 is 0 Å². The largest absolute Gasteiger partial charge is 0.495 e. The minimum atomic E-state index is -1.09. The number of hydrogen-bond donors (Lipinski definition) is 2. The summed E-state index contributed by atoms with van der Waals surface area (Å²) in [7, 11) is 1.50. The summed E-state index contributed by atoms with van der Waals surface area (Å²) >= 11 is 0. The first-order chi connectivity index (χ1) is 10.1. The van der Waals surface area contributed by atoms with E-state index in [1.807, 2.05) is 0 Å². The molecular formula is C15H12N2O4. The van der Waals surface area contributed by atoms with Gasteiger partial charge in [-0.25, -0.2) is 9.59 Å². The molecule has 0 radical (unpaired) electrons. The molecule has 0 unspecified atom stereocenters. The first-order valence-corrected chi connectivity index (χ1v) is 6.24. The van der Waals surface area contributed by atoms with Gasteiger partial charge in [-0.3, -0.25) is 4.57 Å². The standard InChI is InChI=1S/C15H12N2O4/c1-21-12-8-3-2-7-11(12)17-13-9(14(18)19)5-4-6-10(13)16-15(17)20/h2-8H,1H3,(H,16,20)(H,18,19). The molecule has 21 heavy (non-hydrogen) atoms. The summed E-state index contributed by atoms with van der Waals surface area (Å²) in [6, 6.07) is 11.7. The van der Waals surface area contributed by atoms with Crippen molar-refractivity contribution in [1.82, 2.24) is 9.55 Å². The number of benzene rings is 2. The predicted octanol–water partition coefficient (Wildman–Crippen LogP) is 2.03. The summed E-state index contributed by atoms with van der Waals surface area (Å²) in [5.74, 6) is -0.607.